The Morgan fingerprint density at radius 2 is 1.93 bits per heavy atom. The largest absolute Gasteiger partial charge is 0.457 e. The quantitative estimate of drug-likeness (QED) is 0.615. The third-order valence-corrected chi connectivity index (χ3v) is 7.98. The first-order chi connectivity index (χ1) is 13.8. The molecule has 1 heterocycles. The summed E-state index contributed by atoms with van der Waals surface area (Å²) < 4.78 is 11.3. The lowest BCUT2D eigenvalue weighted by Gasteiger charge is -2.56. The van der Waals surface area contributed by atoms with E-state index < -0.39 is 0 Å². The van der Waals surface area contributed by atoms with Gasteiger partial charge in [0.25, 0.3) is 0 Å². The summed E-state index contributed by atoms with van der Waals surface area (Å²) in [6.07, 6.45) is 13.2. The van der Waals surface area contributed by atoms with Crippen LogP contribution in [-0.4, -0.2) is 25.3 Å². The Labute approximate surface area is 168 Å². The van der Waals surface area contributed by atoms with E-state index in [2.05, 4.69) is 23.5 Å². The second-order valence-corrected chi connectivity index (χ2v) is 9.40. The van der Waals surface area contributed by atoms with Gasteiger partial charge in [0.1, 0.15) is 5.75 Å². The van der Waals surface area contributed by atoms with Crippen molar-refractivity contribution in [1.82, 2.24) is 5.32 Å². The number of carbonyl (C=O) groups is 1. The van der Waals surface area contributed by atoms with E-state index in [4.69, 9.17) is 9.47 Å². The molecule has 4 nitrogen and oxygen atoms in total. The van der Waals surface area contributed by atoms with Crippen molar-refractivity contribution in [2.45, 2.75) is 82.1 Å². The first kappa shape index (κ1) is 18.5. The van der Waals surface area contributed by atoms with Crippen molar-refractivity contribution in [3.05, 3.63) is 29.3 Å². The number of hydrogen-bond acceptors (Lipinski definition) is 4. The zero-order chi connectivity index (χ0) is 19.0. The number of piperidine rings is 1. The molecule has 152 valence electrons. The molecule has 28 heavy (non-hydrogen) atoms. The number of rotatable bonds is 4. The van der Waals surface area contributed by atoms with Gasteiger partial charge in [0.15, 0.2) is 0 Å². The van der Waals surface area contributed by atoms with Crippen molar-refractivity contribution < 1.29 is 14.3 Å². The number of ether oxygens (including phenoxy) is 2. The SMILES string of the molecule is O=C(OCOc1ccc2c(c1)[C@]13CCCC[C@@H]1[C@@H](C2)NCC3)C1CCCCC1. The second-order valence-electron chi connectivity index (χ2n) is 9.40. The number of fused-ring (bicyclic) bond motifs is 1. The Bertz CT molecular complexity index is 723. The number of benzene rings is 1. The molecule has 5 rings (SSSR count). The Morgan fingerprint density at radius 3 is 2.82 bits per heavy atom. The van der Waals surface area contributed by atoms with Crippen LogP contribution in [0.3, 0.4) is 0 Å². The minimum Gasteiger partial charge on any atom is -0.457 e. The van der Waals surface area contributed by atoms with Crippen molar-refractivity contribution in [2.75, 3.05) is 13.3 Å². The molecule has 3 fully saturated rings. The lowest BCUT2D eigenvalue weighted by molar-refractivity contribution is -0.156. The van der Waals surface area contributed by atoms with Gasteiger partial charge in [-0.25, -0.2) is 0 Å². The zero-order valence-electron chi connectivity index (χ0n) is 16.9. The summed E-state index contributed by atoms with van der Waals surface area (Å²) in [7, 11) is 0. The summed E-state index contributed by atoms with van der Waals surface area (Å²) in [5.74, 6) is 1.62. The molecule has 0 radical (unpaired) electrons. The van der Waals surface area contributed by atoms with Gasteiger partial charge in [-0.3, -0.25) is 4.79 Å². The summed E-state index contributed by atoms with van der Waals surface area (Å²) in [6.45, 7) is 1.17. The van der Waals surface area contributed by atoms with Crippen LogP contribution in [0.5, 0.6) is 5.75 Å². The molecule has 1 aliphatic heterocycles. The fourth-order valence-corrected chi connectivity index (χ4v) is 6.60. The molecule has 1 aromatic carbocycles. The van der Waals surface area contributed by atoms with E-state index in [0.29, 0.717) is 11.5 Å². The first-order valence-corrected chi connectivity index (χ1v) is 11.4. The molecule has 0 amide bonds. The predicted octanol–water partition coefficient (Wildman–Crippen LogP) is 4.49. The topological polar surface area (TPSA) is 47.6 Å². The lowest BCUT2D eigenvalue weighted by atomic mass is 9.53. The van der Waals surface area contributed by atoms with E-state index in [-0.39, 0.29) is 18.7 Å². The summed E-state index contributed by atoms with van der Waals surface area (Å²) in [4.78, 5) is 12.2. The predicted molar refractivity (Wildman–Crippen MR) is 108 cm³/mol. The van der Waals surface area contributed by atoms with Crippen molar-refractivity contribution in [3.8, 4) is 5.75 Å². The highest BCUT2D eigenvalue weighted by atomic mass is 16.7. The van der Waals surface area contributed by atoms with Crippen LogP contribution in [-0.2, 0) is 21.4 Å². The zero-order valence-corrected chi connectivity index (χ0v) is 16.9. The van der Waals surface area contributed by atoms with E-state index in [1.807, 2.05) is 0 Å². The third kappa shape index (κ3) is 3.24. The van der Waals surface area contributed by atoms with Crippen LogP contribution in [0.4, 0.5) is 0 Å². The summed E-state index contributed by atoms with van der Waals surface area (Å²) in [5, 5.41) is 3.79. The molecule has 0 unspecified atom stereocenters. The minimum atomic E-state index is -0.0789. The molecule has 3 atom stereocenters. The second kappa shape index (κ2) is 7.70. The van der Waals surface area contributed by atoms with Crippen LogP contribution in [0.15, 0.2) is 18.2 Å². The fraction of sp³-hybridized carbons (Fsp3) is 0.708. The molecule has 1 saturated heterocycles. The van der Waals surface area contributed by atoms with Crippen LogP contribution in [0.2, 0.25) is 0 Å². The molecule has 0 aromatic heterocycles. The van der Waals surface area contributed by atoms with Crippen LogP contribution in [0.25, 0.3) is 0 Å². The molecule has 3 aliphatic carbocycles. The average Bonchev–Trinajstić information content (AvgIpc) is 2.74. The number of hydrogen-bond donors (Lipinski definition) is 1. The average molecular weight is 384 g/mol. The molecular weight excluding hydrogens is 350 g/mol. The molecule has 0 spiro atoms. The van der Waals surface area contributed by atoms with E-state index in [9.17, 15) is 4.79 Å². The maximum Gasteiger partial charge on any atom is 0.311 e. The summed E-state index contributed by atoms with van der Waals surface area (Å²) in [6, 6.07) is 7.22. The molecular formula is C24H33NO3. The Hall–Kier alpha value is -1.55. The molecule has 4 aliphatic rings. The third-order valence-electron chi connectivity index (χ3n) is 7.98. The van der Waals surface area contributed by atoms with Crippen LogP contribution in [0.1, 0.15) is 75.3 Å². The standard InChI is InChI=1S/C24H33NO3/c26-23(17-6-2-1-3-7-17)28-16-27-19-10-9-18-14-22-20-8-4-5-11-24(20,12-13-25-22)21(18)15-19/h9-10,15,17,20,22,25H,1-8,11-14,16H2/t20-,22-,24+/m1/s1. The van der Waals surface area contributed by atoms with E-state index >= 15 is 0 Å². The number of nitrogens with one attached hydrogen (secondary N) is 1. The van der Waals surface area contributed by atoms with Gasteiger partial charge in [0.2, 0.25) is 6.79 Å². The smallest absolute Gasteiger partial charge is 0.311 e. The van der Waals surface area contributed by atoms with Gasteiger partial charge in [-0.2, -0.15) is 0 Å². The van der Waals surface area contributed by atoms with Gasteiger partial charge in [-0.05, 0) is 74.2 Å². The van der Waals surface area contributed by atoms with E-state index in [1.165, 1.54) is 49.7 Å². The van der Waals surface area contributed by atoms with Gasteiger partial charge < -0.3 is 14.8 Å². The maximum absolute atomic E-state index is 12.2. The number of carbonyl (C=O) groups excluding carboxylic acids is 1. The van der Waals surface area contributed by atoms with E-state index in [1.54, 1.807) is 0 Å². The van der Waals surface area contributed by atoms with Crippen LogP contribution < -0.4 is 10.1 Å². The highest BCUT2D eigenvalue weighted by Crippen LogP contribution is 2.54. The molecule has 2 bridgehead atoms. The van der Waals surface area contributed by atoms with Crippen molar-refractivity contribution in [2.24, 2.45) is 11.8 Å². The first-order valence-electron chi connectivity index (χ1n) is 11.4. The maximum atomic E-state index is 12.2. The van der Waals surface area contributed by atoms with Crippen molar-refractivity contribution >= 4 is 5.97 Å². The normalized spacial score (nSPS) is 32.1. The fourth-order valence-electron chi connectivity index (χ4n) is 6.60. The Balaban J connectivity index is 1.28. The van der Waals surface area contributed by atoms with Gasteiger partial charge in [0, 0.05) is 11.5 Å². The van der Waals surface area contributed by atoms with Crippen molar-refractivity contribution in [3.63, 3.8) is 0 Å². The summed E-state index contributed by atoms with van der Waals surface area (Å²) >= 11 is 0. The molecule has 1 aromatic rings. The highest BCUT2D eigenvalue weighted by Gasteiger charge is 2.51. The summed E-state index contributed by atoms with van der Waals surface area (Å²) in [5.41, 5.74) is 3.34. The molecule has 4 heteroatoms. The minimum absolute atomic E-state index is 0.0364. The lowest BCUT2D eigenvalue weighted by Crippen LogP contribution is -2.59. The van der Waals surface area contributed by atoms with Gasteiger partial charge in [0.05, 0.1) is 5.92 Å². The van der Waals surface area contributed by atoms with Gasteiger partial charge in [-0.1, -0.05) is 38.2 Å². The Morgan fingerprint density at radius 1 is 1.07 bits per heavy atom. The van der Waals surface area contributed by atoms with E-state index in [0.717, 1.165) is 50.3 Å². The molecule has 2 saturated carbocycles. The monoisotopic (exact) mass is 383 g/mol. The highest BCUT2D eigenvalue weighted by molar-refractivity contribution is 5.72. The van der Waals surface area contributed by atoms with Crippen LogP contribution in [0, 0.1) is 11.8 Å². The van der Waals surface area contributed by atoms with Crippen LogP contribution >= 0.6 is 0 Å². The van der Waals surface area contributed by atoms with Gasteiger partial charge >= 0.3 is 5.97 Å². The Kier molecular flexibility index (Phi) is 5.08. The van der Waals surface area contributed by atoms with Gasteiger partial charge in [-0.15, -0.1) is 0 Å². The van der Waals surface area contributed by atoms with Crippen molar-refractivity contribution in [1.29, 1.82) is 0 Å². The number of esters is 1. The molecule has 1 N–H and O–H groups in total.